The number of benzene rings is 2. The Morgan fingerprint density at radius 1 is 1.10 bits per heavy atom. The second-order valence-corrected chi connectivity index (χ2v) is 8.59. The Bertz CT molecular complexity index is 994. The second kappa shape index (κ2) is 8.23. The number of carbonyl (C=O) groups excluding carboxylic acids is 3. The molecule has 0 atom stereocenters. The van der Waals surface area contributed by atoms with Gasteiger partial charge in [-0.25, -0.2) is 0 Å². The average Bonchev–Trinajstić information content (AvgIpc) is 2.74. The molecule has 0 unspecified atom stereocenters. The van der Waals surface area contributed by atoms with Crippen LogP contribution in [0.4, 0.5) is 0 Å². The molecule has 1 spiro atoms. The molecule has 6 heteroatoms. The summed E-state index contributed by atoms with van der Waals surface area (Å²) in [5, 5.41) is 0.532. The van der Waals surface area contributed by atoms with Gasteiger partial charge in [0.1, 0.15) is 11.4 Å². The minimum absolute atomic E-state index is 0.0237. The van der Waals surface area contributed by atoms with Crippen LogP contribution in [0.1, 0.15) is 58.4 Å². The molecular formula is C24H24ClNO4. The van der Waals surface area contributed by atoms with E-state index in [0.717, 1.165) is 5.56 Å². The normalized spacial score (nSPS) is 17.4. The highest BCUT2D eigenvalue weighted by molar-refractivity contribution is 6.31. The first-order valence-electron chi connectivity index (χ1n) is 10.3. The number of aryl methyl sites for hydroxylation is 1. The summed E-state index contributed by atoms with van der Waals surface area (Å²) in [6.45, 7) is 2.93. The molecule has 2 aliphatic rings. The summed E-state index contributed by atoms with van der Waals surface area (Å²) in [4.78, 5) is 39.4. The zero-order chi connectivity index (χ0) is 21.3. The number of fused-ring (bicyclic) bond motifs is 1. The van der Waals surface area contributed by atoms with Gasteiger partial charge in [0.05, 0.1) is 12.0 Å². The number of ether oxygens (including phenoxy) is 1. The topological polar surface area (TPSA) is 63.7 Å². The maximum Gasteiger partial charge on any atom is 0.223 e. The number of halogens is 1. The fraction of sp³-hybridized carbons (Fsp3) is 0.375. The maximum atomic E-state index is 12.7. The van der Waals surface area contributed by atoms with Gasteiger partial charge < -0.3 is 9.64 Å². The molecule has 2 heterocycles. The molecule has 2 aromatic rings. The van der Waals surface area contributed by atoms with E-state index in [-0.39, 0.29) is 30.3 Å². The minimum atomic E-state index is -0.570. The molecule has 1 fully saturated rings. The van der Waals surface area contributed by atoms with Crippen molar-refractivity contribution in [2.45, 2.75) is 44.6 Å². The second-order valence-electron chi connectivity index (χ2n) is 8.15. The third-order valence-electron chi connectivity index (χ3n) is 6.03. The van der Waals surface area contributed by atoms with Crippen LogP contribution in [0.3, 0.4) is 0 Å². The number of rotatable bonds is 4. The Morgan fingerprint density at radius 2 is 1.80 bits per heavy atom. The fourth-order valence-electron chi connectivity index (χ4n) is 4.30. The van der Waals surface area contributed by atoms with Gasteiger partial charge in [0.15, 0.2) is 11.6 Å². The molecule has 0 radical (unpaired) electrons. The van der Waals surface area contributed by atoms with E-state index in [2.05, 4.69) is 0 Å². The summed E-state index contributed by atoms with van der Waals surface area (Å²) in [5.74, 6) is 0.600. The minimum Gasteiger partial charge on any atom is -0.486 e. The Morgan fingerprint density at radius 3 is 2.50 bits per heavy atom. The van der Waals surface area contributed by atoms with E-state index in [1.807, 2.05) is 25.1 Å². The van der Waals surface area contributed by atoms with Gasteiger partial charge in [-0.15, -0.1) is 0 Å². The third-order valence-corrected chi connectivity index (χ3v) is 6.25. The Hall–Kier alpha value is -2.66. The first-order valence-corrected chi connectivity index (χ1v) is 10.6. The molecule has 2 aromatic carbocycles. The van der Waals surface area contributed by atoms with E-state index >= 15 is 0 Å². The average molecular weight is 426 g/mol. The van der Waals surface area contributed by atoms with Crippen molar-refractivity contribution in [1.82, 2.24) is 4.90 Å². The molecule has 30 heavy (non-hydrogen) atoms. The monoisotopic (exact) mass is 425 g/mol. The maximum absolute atomic E-state index is 12.7. The van der Waals surface area contributed by atoms with E-state index in [4.69, 9.17) is 16.3 Å². The van der Waals surface area contributed by atoms with Gasteiger partial charge in [-0.05, 0) is 24.6 Å². The van der Waals surface area contributed by atoms with Gasteiger partial charge in [-0.1, -0.05) is 41.9 Å². The largest absolute Gasteiger partial charge is 0.486 e. The summed E-state index contributed by atoms with van der Waals surface area (Å²) in [6, 6.07) is 12.5. The molecular weight excluding hydrogens is 402 g/mol. The molecule has 0 bridgehead atoms. The molecule has 2 aliphatic heterocycles. The van der Waals surface area contributed by atoms with Crippen molar-refractivity contribution in [2.24, 2.45) is 0 Å². The first-order chi connectivity index (χ1) is 14.4. The van der Waals surface area contributed by atoms with Crippen molar-refractivity contribution in [2.75, 3.05) is 13.1 Å². The number of likely N-dealkylation sites (tertiary alicyclic amines) is 1. The van der Waals surface area contributed by atoms with Gasteiger partial charge in [0.25, 0.3) is 0 Å². The van der Waals surface area contributed by atoms with E-state index < -0.39 is 5.60 Å². The van der Waals surface area contributed by atoms with Crippen molar-refractivity contribution in [1.29, 1.82) is 0 Å². The third kappa shape index (κ3) is 4.12. The van der Waals surface area contributed by atoms with Crippen molar-refractivity contribution in [3.8, 4) is 5.75 Å². The van der Waals surface area contributed by atoms with Gasteiger partial charge in [0, 0.05) is 49.4 Å². The lowest BCUT2D eigenvalue weighted by atomic mass is 9.82. The van der Waals surface area contributed by atoms with E-state index in [1.165, 1.54) is 0 Å². The number of carbonyl (C=O) groups is 3. The summed E-state index contributed by atoms with van der Waals surface area (Å²) in [6.07, 6.45) is 1.89. The van der Waals surface area contributed by atoms with Crippen LogP contribution in [0.15, 0.2) is 42.5 Å². The number of amides is 1. The lowest BCUT2D eigenvalue weighted by molar-refractivity contribution is -0.134. The van der Waals surface area contributed by atoms with Crippen LogP contribution < -0.4 is 4.74 Å². The summed E-state index contributed by atoms with van der Waals surface area (Å²) in [7, 11) is 0. The van der Waals surface area contributed by atoms with Crippen LogP contribution in [0.25, 0.3) is 0 Å². The van der Waals surface area contributed by atoms with Crippen molar-refractivity contribution in [3.63, 3.8) is 0 Å². The fourth-order valence-corrected chi connectivity index (χ4v) is 4.58. The summed E-state index contributed by atoms with van der Waals surface area (Å²) in [5.41, 5.74) is 1.46. The molecule has 1 saturated heterocycles. The molecule has 0 aromatic heterocycles. The zero-order valence-electron chi connectivity index (χ0n) is 16.9. The first kappa shape index (κ1) is 20.6. The lowest BCUT2D eigenvalue weighted by Crippen LogP contribution is -2.52. The number of hydrogen-bond donors (Lipinski definition) is 0. The zero-order valence-corrected chi connectivity index (χ0v) is 17.7. The van der Waals surface area contributed by atoms with E-state index in [9.17, 15) is 14.4 Å². The molecule has 1 amide bonds. The Labute approximate surface area is 181 Å². The highest BCUT2D eigenvalue weighted by atomic mass is 35.5. The smallest absolute Gasteiger partial charge is 0.223 e. The Kier molecular flexibility index (Phi) is 5.65. The number of piperidine rings is 1. The molecule has 156 valence electrons. The molecule has 4 rings (SSSR count). The molecule has 0 aliphatic carbocycles. The molecule has 0 saturated carbocycles. The van der Waals surface area contributed by atoms with Crippen molar-refractivity contribution < 1.29 is 19.1 Å². The van der Waals surface area contributed by atoms with Crippen LogP contribution in [0, 0.1) is 6.92 Å². The van der Waals surface area contributed by atoms with Crippen LogP contribution in [0.5, 0.6) is 5.75 Å². The van der Waals surface area contributed by atoms with Gasteiger partial charge in [-0.3, -0.25) is 14.4 Å². The molecule has 0 N–H and O–H groups in total. The van der Waals surface area contributed by atoms with Crippen LogP contribution in [-0.4, -0.2) is 41.1 Å². The number of ketones is 2. The van der Waals surface area contributed by atoms with Crippen molar-refractivity contribution >= 4 is 29.1 Å². The predicted octanol–water partition coefficient (Wildman–Crippen LogP) is 4.64. The van der Waals surface area contributed by atoms with E-state index in [1.54, 1.807) is 29.2 Å². The van der Waals surface area contributed by atoms with E-state index in [0.29, 0.717) is 54.3 Å². The highest BCUT2D eigenvalue weighted by Crippen LogP contribution is 2.42. The predicted molar refractivity (Wildman–Crippen MR) is 114 cm³/mol. The molecule has 5 nitrogen and oxygen atoms in total. The van der Waals surface area contributed by atoms with Gasteiger partial charge in [-0.2, -0.15) is 0 Å². The van der Waals surface area contributed by atoms with Gasteiger partial charge >= 0.3 is 0 Å². The Balaban J connectivity index is 1.36. The van der Waals surface area contributed by atoms with Crippen LogP contribution in [-0.2, 0) is 4.79 Å². The standard InChI is InChI=1S/C24H24ClNO4/c1-16-13-18(25)14-19-21(28)15-24(30-23(16)19)9-11-26(12-10-24)22(29)8-7-20(27)17-5-3-2-4-6-17/h2-6,13-14H,7-12,15H2,1H3. The lowest BCUT2D eigenvalue weighted by Gasteiger charge is -2.44. The number of nitrogens with zero attached hydrogens (tertiary/aromatic N) is 1. The van der Waals surface area contributed by atoms with Crippen LogP contribution in [0.2, 0.25) is 5.02 Å². The van der Waals surface area contributed by atoms with Crippen molar-refractivity contribution in [3.05, 3.63) is 64.2 Å². The summed E-state index contributed by atoms with van der Waals surface area (Å²) >= 11 is 6.09. The summed E-state index contributed by atoms with van der Waals surface area (Å²) < 4.78 is 6.33. The van der Waals surface area contributed by atoms with Gasteiger partial charge in [0.2, 0.25) is 5.91 Å². The van der Waals surface area contributed by atoms with Crippen LogP contribution >= 0.6 is 11.6 Å². The SMILES string of the molecule is Cc1cc(Cl)cc2c1OC1(CCN(C(=O)CCC(=O)c3ccccc3)CC1)CC2=O. The number of hydrogen-bond acceptors (Lipinski definition) is 4. The number of Topliss-reactive ketones (excluding diaryl/α,β-unsaturated/α-hetero) is 2. The quantitative estimate of drug-likeness (QED) is 0.669. The highest BCUT2D eigenvalue weighted by Gasteiger charge is 2.44.